The molecule has 0 saturated carbocycles. The van der Waals surface area contributed by atoms with Crippen molar-refractivity contribution in [2.24, 2.45) is 0 Å². The molecule has 0 aliphatic rings. The molecule has 2 aromatic rings. The van der Waals surface area contributed by atoms with E-state index >= 15 is 0 Å². The fourth-order valence-corrected chi connectivity index (χ4v) is 3.07. The molecule has 1 atom stereocenters. The lowest BCUT2D eigenvalue weighted by atomic mass is 10.1. The highest BCUT2D eigenvalue weighted by atomic mass is 16.2. The van der Waals surface area contributed by atoms with Crippen molar-refractivity contribution in [3.8, 4) is 0 Å². The summed E-state index contributed by atoms with van der Waals surface area (Å²) >= 11 is 0. The second-order valence-electron chi connectivity index (χ2n) is 7.33. The summed E-state index contributed by atoms with van der Waals surface area (Å²) in [6.07, 6.45) is 1.02. The van der Waals surface area contributed by atoms with Crippen LogP contribution in [0, 0.1) is 6.92 Å². The van der Waals surface area contributed by atoms with E-state index in [1.54, 1.807) is 11.8 Å². The third-order valence-corrected chi connectivity index (χ3v) is 4.52. The molecule has 2 aromatic carbocycles. The summed E-state index contributed by atoms with van der Waals surface area (Å²) in [4.78, 5) is 27.2. The molecule has 4 heteroatoms. The van der Waals surface area contributed by atoms with Crippen LogP contribution in [0.25, 0.3) is 0 Å². The van der Waals surface area contributed by atoms with Crippen molar-refractivity contribution in [2.45, 2.75) is 52.6 Å². The average Bonchev–Trinajstić information content (AvgIpc) is 2.62. The molecule has 1 unspecified atom stereocenters. The van der Waals surface area contributed by atoms with Crippen LogP contribution in [0.15, 0.2) is 54.6 Å². The van der Waals surface area contributed by atoms with Crippen molar-refractivity contribution in [3.05, 3.63) is 71.3 Å². The molecule has 0 aromatic heterocycles. The zero-order valence-corrected chi connectivity index (χ0v) is 16.7. The number of carbonyl (C=O) groups excluding carboxylic acids is 2. The van der Waals surface area contributed by atoms with E-state index in [9.17, 15) is 9.59 Å². The molecule has 0 fully saturated rings. The lowest BCUT2D eigenvalue weighted by Crippen LogP contribution is -2.50. The van der Waals surface area contributed by atoms with Crippen molar-refractivity contribution in [1.82, 2.24) is 10.2 Å². The second-order valence-corrected chi connectivity index (χ2v) is 7.33. The lowest BCUT2D eigenvalue weighted by molar-refractivity contribution is -0.139. The summed E-state index contributed by atoms with van der Waals surface area (Å²) < 4.78 is 0. The molecule has 0 saturated heterocycles. The molecule has 0 aliphatic heterocycles. The van der Waals surface area contributed by atoms with E-state index in [2.05, 4.69) is 5.32 Å². The largest absolute Gasteiger partial charge is 0.352 e. The van der Waals surface area contributed by atoms with E-state index in [-0.39, 0.29) is 17.9 Å². The minimum absolute atomic E-state index is 0.0251. The molecule has 0 bridgehead atoms. The van der Waals surface area contributed by atoms with Crippen LogP contribution in [-0.4, -0.2) is 35.3 Å². The van der Waals surface area contributed by atoms with E-state index in [1.165, 1.54) is 0 Å². The molecule has 4 nitrogen and oxygen atoms in total. The second kappa shape index (κ2) is 9.91. The molecule has 1 N–H and O–H groups in total. The monoisotopic (exact) mass is 366 g/mol. The van der Waals surface area contributed by atoms with Crippen LogP contribution < -0.4 is 5.32 Å². The minimum atomic E-state index is -0.506. The quantitative estimate of drug-likeness (QED) is 0.777. The number of aryl methyl sites for hydroxylation is 1. The van der Waals surface area contributed by atoms with Crippen LogP contribution >= 0.6 is 0 Å². The molecular weight excluding hydrogens is 336 g/mol. The van der Waals surface area contributed by atoms with Gasteiger partial charge in [-0.3, -0.25) is 9.59 Å². The highest BCUT2D eigenvalue weighted by molar-refractivity contribution is 5.88. The number of hydrogen-bond acceptors (Lipinski definition) is 2. The average molecular weight is 367 g/mol. The summed E-state index contributed by atoms with van der Waals surface area (Å²) in [7, 11) is 0. The van der Waals surface area contributed by atoms with Gasteiger partial charge in [-0.2, -0.15) is 0 Å². The molecule has 0 spiro atoms. The summed E-state index contributed by atoms with van der Waals surface area (Å²) in [6.45, 7) is 8.18. The zero-order chi connectivity index (χ0) is 19.8. The predicted molar refractivity (Wildman–Crippen MR) is 109 cm³/mol. The van der Waals surface area contributed by atoms with Crippen molar-refractivity contribution in [3.63, 3.8) is 0 Å². The van der Waals surface area contributed by atoms with E-state index in [4.69, 9.17) is 0 Å². The number of nitrogens with zero attached hydrogens (tertiary/aromatic N) is 1. The Morgan fingerprint density at radius 2 is 1.63 bits per heavy atom. The molecule has 27 heavy (non-hydrogen) atoms. The van der Waals surface area contributed by atoms with Gasteiger partial charge in [0.1, 0.15) is 6.04 Å². The summed E-state index contributed by atoms with van der Waals surface area (Å²) in [5, 5.41) is 2.92. The number of benzene rings is 2. The van der Waals surface area contributed by atoms with E-state index in [0.717, 1.165) is 23.1 Å². The molecular formula is C23H30N2O2. The molecule has 2 amide bonds. The Hall–Kier alpha value is -2.62. The van der Waals surface area contributed by atoms with Gasteiger partial charge in [-0.25, -0.2) is 0 Å². The van der Waals surface area contributed by atoms with Gasteiger partial charge in [-0.1, -0.05) is 60.2 Å². The third-order valence-electron chi connectivity index (χ3n) is 4.52. The van der Waals surface area contributed by atoms with Crippen LogP contribution in [0.1, 0.15) is 37.5 Å². The highest BCUT2D eigenvalue weighted by Gasteiger charge is 2.26. The van der Waals surface area contributed by atoms with Gasteiger partial charge < -0.3 is 10.2 Å². The van der Waals surface area contributed by atoms with Crippen molar-refractivity contribution < 1.29 is 9.59 Å². The first-order valence-electron chi connectivity index (χ1n) is 9.56. The molecule has 144 valence electrons. The lowest BCUT2D eigenvalue weighted by Gasteiger charge is -2.29. The van der Waals surface area contributed by atoms with Gasteiger partial charge >= 0.3 is 0 Å². The first kappa shape index (κ1) is 20.7. The van der Waals surface area contributed by atoms with E-state index < -0.39 is 6.04 Å². The van der Waals surface area contributed by atoms with Crippen LogP contribution in [0.4, 0.5) is 0 Å². The Morgan fingerprint density at radius 1 is 0.963 bits per heavy atom. The molecule has 0 aliphatic carbocycles. The smallest absolute Gasteiger partial charge is 0.242 e. The predicted octanol–water partition coefficient (Wildman–Crippen LogP) is 3.52. The third kappa shape index (κ3) is 6.55. The van der Waals surface area contributed by atoms with Crippen LogP contribution in [-0.2, 0) is 22.4 Å². The Morgan fingerprint density at radius 3 is 2.26 bits per heavy atom. The SMILES string of the molecule is Cc1cccc(CC(=O)N(CCc2ccccc2)C(C)C(=O)NC(C)C)c1. The van der Waals surface area contributed by atoms with Crippen molar-refractivity contribution in [2.75, 3.05) is 6.54 Å². The normalized spacial score (nSPS) is 11.9. The van der Waals surface area contributed by atoms with Gasteiger partial charge in [-0.15, -0.1) is 0 Å². The number of nitrogens with one attached hydrogen (secondary N) is 1. The Kier molecular flexibility index (Phi) is 7.59. The first-order chi connectivity index (χ1) is 12.9. The molecule has 0 radical (unpaired) electrons. The van der Waals surface area contributed by atoms with Gasteiger partial charge in [0.25, 0.3) is 0 Å². The Bertz CT molecular complexity index is 756. The topological polar surface area (TPSA) is 49.4 Å². The van der Waals surface area contributed by atoms with Gasteiger partial charge in [-0.05, 0) is 45.2 Å². The Balaban J connectivity index is 2.14. The summed E-state index contributed by atoms with van der Waals surface area (Å²) in [6, 6.07) is 17.5. The van der Waals surface area contributed by atoms with Gasteiger partial charge in [0.2, 0.25) is 11.8 Å². The van der Waals surface area contributed by atoms with Crippen molar-refractivity contribution >= 4 is 11.8 Å². The highest BCUT2D eigenvalue weighted by Crippen LogP contribution is 2.11. The fourth-order valence-electron chi connectivity index (χ4n) is 3.07. The standard InChI is InChI=1S/C23H30N2O2/c1-17(2)24-23(27)19(4)25(14-13-20-10-6-5-7-11-20)22(26)16-21-12-8-9-18(3)15-21/h5-12,15,17,19H,13-14,16H2,1-4H3,(H,24,27). The van der Waals surface area contributed by atoms with Crippen molar-refractivity contribution in [1.29, 1.82) is 0 Å². The number of carbonyl (C=O) groups is 2. The minimum Gasteiger partial charge on any atom is -0.352 e. The number of rotatable bonds is 8. The maximum absolute atomic E-state index is 13.0. The van der Waals surface area contributed by atoms with Crippen LogP contribution in [0.2, 0.25) is 0 Å². The summed E-state index contributed by atoms with van der Waals surface area (Å²) in [5.41, 5.74) is 3.25. The van der Waals surface area contributed by atoms with Crippen LogP contribution in [0.3, 0.4) is 0 Å². The fraction of sp³-hybridized carbons (Fsp3) is 0.391. The maximum atomic E-state index is 13.0. The van der Waals surface area contributed by atoms with Gasteiger partial charge in [0.05, 0.1) is 6.42 Å². The van der Waals surface area contributed by atoms with Crippen LogP contribution in [0.5, 0.6) is 0 Å². The first-order valence-corrected chi connectivity index (χ1v) is 9.56. The van der Waals surface area contributed by atoms with E-state index in [1.807, 2.05) is 75.4 Å². The number of hydrogen-bond donors (Lipinski definition) is 1. The summed E-state index contributed by atoms with van der Waals surface area (Å²) in [5.74, 6) is -0.140. The molecule has 2 rings (SSSR count). The van der Waals surface area contributed by atoms with Gasteiger partial charge in [0, 0.05) is 12.6 Å². The van der Waals surface area contributed by atoms with Gasteiger partial charge in [0.15, 0.2) is 0 Å². The Labute approximate surface area is 162 Å². The molecule has 0 heterocycles. The number of amides is 2. The van der Waals surface area contributed by atoms with E-state index in [0.29, 0.717) is 13.0 Å². The maximum Gasteiger partial charge on any atom is 0.242 e. The zero-order valence-electron chi connectivity index (χ0n) is 16.7.